The van der Waals surface area contributed by atoms with Crippen LogP contribution in [0.3, 0.4) is 0 Å². The van der Waals surface area contributed by atoms with Crippen molar-refractivity contribution < 1.29 is 28.8 Å². The largest absolute Gasteiger partial charge is 0.368 e. The Labute approximate surface area is 307 Å². The highest BCUT2D eigenvalue weighted by molar-refractivity contribution is 5.99. The Morgan fingerprint density at radius 3 is 1.79 bits per heavy atom. The minimum Gasteiger partial charge on any atom is -0.368 e. The molecule has 1 aliphatic rings. The van der Waals surface area contributed by atoms with Crippen LogP contribution in [-0.4, -0.2) is 95.2 Å². The number of nitrogens with zero attached hydrogens (tertiary/aromatic N) is 3. The molecule has 14 heteroatoms. The van der Waals surface area contributed by atoms with Crippen molar-refractivity contribution in [1.29, 1.82) is 0 Å². The Balaban J connectivity index is 1.28. The van der Waals surface area contributed by atoms with Crippen LogP contribution in [0.1, 0.15) is 25.0 Å². The third-order valence-corrected chi connectivity index (χ3v) is 8.88. The van der Waals surface area contributed by atoms with Gasteiger partial charge in [-0.25, -0.2) is 9.80 Å². The zero-order valence-corrected chi connectivity index (χ0v) is 29.7. The molecule has 2 atom stereocenters. The molecule has 0 aromatic heterocycles. The number of hydrogen-bond acceptors (Lipinski definition) is 7. The van der Waals surface area contributed by atoms with Gasteiger partial charge in [-0.15, -0.1) is 0 Å². The van der Waals surface area contributed by atoms with Gasteiger partial charge in [0, 0.05) is 51.4 Å². The summed E-state index contributed by atoms with van der Waals surface area (Å²) in [6.45, 7) is 4.90. The molecule has 6 N–H and O–H groups in total. The van der Waals surface area contributed by atoms with Gasteiger partial charge in [-0.3, -0.25) is 29.4 Å². The van der Waals surface area contributed by atoms with Crippen LogP contribution in [0.2, 0.25) is 0 Å². The molecule has 0 unspecified atom stereocenters. The van der Waals surface area contributed by atoms with E-state index in [-0.39, 0.29) is 13.1 Å². The summed E-state index contributed by atoms with van der Waals surface area (Å²) in [5, 5.41) is 12.9. The molecular weight excluding hydrogens is 676 g/mol. The first kappa shape index (κ1) is 38.0. The van der Waals surface area contributed by atoms with E-state index in [1.165, 1.54) is 13.8 Å². The van der Waals surface area contributed by atoms with Crippen LogP contribution in [-0.2, 0) is 37.1 Å². The summed E-state index contributed by atoms with van der Waals surface area (Å²) >= 11 is 0. The van der Waals surface area contributed by atoms with E-state index in [2.05, 4.69) is 21.4 Å². The Morgan fingerprint density at radius 1 is 0.717 bits per heavy atom. The number of urea groups is 1. The zero-order chi connectivity index (χ0) is 37.9. The van der Waals surface area contributed by atoms with E-state index in [4.69, 9.17) is 5.73 Å². The van der Waals surface area contributed by atoms with Gasteiger partial charge in [0.25, 0.3) is 11.8 Å². The van der Waals surface area contributed by atoms with Crippen LogP contribution in [0.4, 0.5) is 4.79 Å². The number of hydrazine groups is 1. The van der Waals surface area contributed by atoms with Gasteiger partial charge in [0.2, 0.25) is 17.7 Å². The topological polar surface area (TPSA) is 186 Å². The number of nitrogens with one attached hydrogen (secondary N) is 4. The van der Waals surface area contributed by atoms with Crippen LogP contribution in [0.15, 0.2) is 97.1 Å². The fourth-order valence-electron chi connectivity index (χ4n) is 5.99. The maximum Gasteiger partial charge on any atom is 0.318 e. The number of amides is 7. The van der Waals surface area contributed by atoms with Crippen molar-refractivity contribution in [3.8, 4) is 0 Å². The number of hydrogen-bond donors (Lipinski definition) is 5. The van der Waals surface area contributed by atoms with E-state index in [9.17, 15) is 28.8 Å². The lowest BCUT2D eigenvalue weighted by Crippen LogP contribution is -2.58. The summed E-state index contributed by atoms with van der Waals surface area (Å²) in [5.41, 5.74) is 9.51. The minimum absolute atomic E-state index is 0.231. The Kier molecular flexibility index (Phi) is 12.7. The molecule has 1 heterocycles. The van der Waals surface area contributed by atoms with E-state index in [1.54, 1.807) is 9.80 Å². The quantitative estimate of drug-likeness (QED) is 0.109. The fraction of sp³-hybridized carbons (Fsp3) is 0.282. The maximum atomic E-state index is 13.9. The molecule has 1 aliphatic heterocycles. The normalized spacial score (nSPS) is 14.0. The van der Waals surface area contributed by atoms with Crippen molar-refractivity contribution in [2.75, 3.05) is 32.7 Å². The molecule has 53 heavy (non-hydrogen) atoms. The third kappa shape index (κ3) is 10.2. The summed E-state index contributed by atoms with van der Waals surface area (Å²) < 4.78 is 0. The molecule has 1 fully saturated rings. The molecule has 0 spiro atoms. The smallest absolute Gasteiger partial charge is 0.318 e. The van der Waals surface area contributed by atoms with Gasteiger partial charge < -0.3 is 31.5 Å². The Morgan fingerprint density at radius 2 is 1.23 bits per heavy atom. The molecule has 4 aromatic carbocycles. The minimum atomic E-state index is -1.17. The van der Waals surface area contributed by atoms with Gasteiger partial charge in [-0.1, -0.05) is 84.9 Å². The highest BCUT2D eigenvalue weighted by Crippen LogP contribution is 2.24. The standard InChI is InChI=1S/C39H44N8O6/c1-26(43-39(53)45-21-19-41-20-22-45)37(51)42-27(2)38(52)44-47(25-34(40)48)36(50)18-17-35(49)46(23-30-13-7-11-28-9-3-5-15-32(28)30)24-31-14-8-12-29-10-4-6-16-33(29)31/h3-18,26-27,41H,19-25H2,1-2H3,(H2,40,48)(H,42,51)(H,43,53)(H,44,52)/b18-17+/t26-,27+/m1/s1. The second kappa shape index (κ2) is 17.8. The monoisotopic (exact) mass is 720 g/mol. The van der Waals surface area contributed by atoms with E-state index in [0.717, 1.165) is 44.8 Å². The number of fused-ring (bicyclic) bond motifs is 2. The molecule has 0 radical (unpaired) electrons. The van der Waals surface area contributed by atoms with Crippen molar-refractivity contribution in [1.82, 2.24) is 36.2 Å². The van der Waals surface area contributed by atoms with Crippen LogP contribution < -0.4 is 27.1 Å². The molecule has 0 aliphatic carbocycles. The van der Waals surface area contributed by atoms with Crippen molar-refractivity contribution in [2.45, 2.75) is 39.0 Å². The first-order valence-corrected chi connectivity index (χ1v) is 17.4. The van der Waals surface area contributed by atoms with Gasteiger partial charge in [0.1, 0.15) is 18.6 Å². The molecule has 5 rings (SSSR count). The number of nitrogens with two attached hydrogens (primary N) is 1. The predicted molar refractivity (Wildman–Crippen MR) is 200 cm³/mol. The van der Waals surface area contributed by atoms with Crippen LogP contribution in [0, 0.1) is 0 Å². The summed E-state index contributed by atoms with van der Waals surface area (Å²) in [6.07, 6.45) is 2.05. The van der Waals surface area contributed by atoms with E-state index in [0.29, 0.717) is 31.2 Å². The molecule has 14 nitrogen and oxygen atoms in total. The lowest BCUT2D eigenvalue weighted by atomic mass is 10.0. The number of benzene rings is 4. The molecule has 7 amide bonds. The highest BCUT2D eigenvalue weighted by atomic mass is 16.2. The highest BCUT2D eigenvalue weighted by Gasteiger charge is 2.26. The van der Waals surface area contributed by atoms with Crippen molar-refractivity contribution in [3.05, 3.63) is 108 Å². The molecule has 0 saturated carbocycles. The van der Waals surface area contributed by atoms with Gasteiger partial charge in [0.05, 0.1) is 0 Å². The zero-order valence-electron chi connectivity index (χ0n) is 29.7. The predicted octanol–water partition coefficient (Wildman–Crippen LogP) is 1.93. The second-order valence-corrected chi connectivity index (χ2v) is 12.8. The van der Waals surface area contributed by atoms with E-state index >= 15 is 0 Å². The van der Waals surface area contributed by atoms with Gasteiger partial charge >= 0.3 is 6.03 Å². The van der Waals surface area contributed by atoms with Gasteiger partial charge in [-0.05, 0) is 46.5 Å². The molecule has 1 saturated heterocycles. The summed E-state index contributed by atoms with van der Waals surface area (Å²) in [5.74, 6) is -3.76. The lowest BCUT2D eigenvalue weighted by molar-refractivity contribution is -0.142. The fourth-order valence-corrected chi connectivity index (χ4v) is 5.99. The molecule has 4 aromatic rings. The average molecular weight is 721 g/mol. The maximum absolute atomic E-state index is 13.9. The summed E-state index contributed by atoms with van der Waals surface area (Å²) in [6, 6.07) is 24.9. The number of carbonyl (C=O) groups is 6. The summed E-state index contributed by atoms with van der Waals surface area (Å²) in [7, 11) is 0. The lowest BCUT2D eigenvalue weighted by Gasteiger charge is -2.29. The third-order valence-electron chi connectivity index (χ3n) is 8.88. The number of primary amides is 1. The van der Waals surface area contributed by atoms with E-state index < -0.39 is 54.2 Å². The van der Waals surface area contributed by atoms with Crippen LogP contribution in [0.5, 0.6) is 0 Å². The van der Waals surface area contributed by atoms with Crippen LogP contribution in [0.25, 0.3) is 21.5 Å². The number of carbonyl (C=O) groups excluding carboxylic acids is 6. The SMILES string of the molecule is C[C@H](NC(=O)[C@@H](C)NC(=O)N1CCNCC1)C(=O)NN(CC(N)=O)C(=O)/C=C/C(=O)N(Cc1cccc2ccccc12)Cc1cccc2ccccc12. The summed E-state index contributed by atoms with van der Waals surface area (Å²) in [4.78, 5) is 80.6. The van der Waals surface area contributed by atoms with Crippen molar-refractivity contribution in [3.63, 3.8) is 0 Å². The van der Waals surface area contributed by atoms with E-state index in [1.807, 2.05) is 84.9 Å². The first-order chi connectivity index (χ1) is 25.5. The average Bonchev–Trinajstić information content (AvgIpc) is 3.16. The Hall–Kier alpha value is -6.28. The van der Waals surface area contributed by atoms with Crippen LogP contribution >= 0.6 is 0 Å². The number of piperazine rings is 1. The Bertz CT molecular complexity index is 1940. The molecule has 276 valence electrons. The molecule has 0 bridgehead atoms. The second-order valence-electron chi connectivity index (χ2n) is 12.8. The van der Waals surface area contributed by atoms with Gasteiger partial charge in [-0.2, -0.15) is 0 Å². The van der Waals surface area contributed by atoms with Crippen molar-refractivity contribution in [2.24, 2.45) is 5.73 Å². The van der Waals surface area contributed by atoms with Crippen molar-refractivity contribution >= 4 is 57.1 Å². The molecular formula is C39H44N8O6. The first-order valence-electron chi connectivity index (χ1n) is 17.4. The van der Waals surface area contributed by atoms with Gasteiger partial charge in [0.15, 0.2) is 0 Å². The number of rotatable bonds is 12.